The minimum atomic E-state index is -0.359. The van der Waals surface area contributed by atoms with E-state index in [1.165, 1.54) is 12.7 Å². The van der Waals surface area contributed by atoms with E-state index < -0.39 is 0 Å². The average molecular weight is 513 g/mol. The van der Waals surface area contributed by atoms with Crippen LogP contribution < -0.4 is 0 Å². The zero-order valence-electron chi connectivity index (χ0n) is 21.4. The molecule has 190 valence electrons. The SMILES string of the molecule is CCCCCn1c(-c2cccc3nc(S)n(CCCc4ccccc4)c23)nc2cc(C(=O)OC)ccc21. The molecule has 0 aliphatic heterocycles. The van der Waals surface area contributed by atoms with E-state index in [1.807, 2.05) is 36.4 Å². The Morgan fingerprint density at radius 1 is 0.892 bits per heavy atom. The number of carbonyl (C=O) groups excluding carboxylic acids is 1. The van der Waals surface area contributed by atoms with Crippen molar-refractivity contribution < 1.29 is 9.53 Å². The fraction of sp³-hybridized carbons (Fsp3) is 0.300. The van der Waals surface area contributed by atoms with Crippen molar-refractivity contribution >= 4 is 40.7 Å². The van der Waals surface area contributed by atoms with Gasteiger partial charge in [0, 0.05) is 18.7 Å². The molecule has 6 nitrogen and oxygen atoms in total. The molecule has 0 saturated carbocycles. The summed E-state index contributed by atoms with van der Waals surface area (Å²) < 4.78 is 9.42. The molecule has 5 rings (SSSR count). The quantitative estimate of drug-likeness (QED) is 0.125. The summed E-state index contributed by atoms with van der Waals surface area (Å²) in [7, 11) is 1.40. The van der Waals surface area contributed by atoms with Gasteiger partial charge in [-0.25, -0.2) is 14.8 Å². The van der Waals surface area contributed by atoms with E-state index in [4.69, 9.17) is 27.3 Å². The summed E-state index contributed by atoms with van der Waals surface area (Å²) in [5.74, 6) is 0.526. The number of imidazole rings is 2. The number of nitrogens with zero attached hydrogens (tertiary/aromatic N) is 4. The van der Waals surface area contributed by atoms with Crippen molar-refractivity contribution in [3.05, 3.63) is 77.9 Å². The Labute approximate surface area is 222 Å². The van der Waals surface area contributed by atoms with E-state index >= 15 is 0 Å². The van der Waals surface area contributed by atoms with Crippen LogP contribution in [0.1, 0.15) is 48.5 Å². The van der Waals surface area contributed by atoms with Crippen LogP contribution in [0.2, 0.25) is 0 Å². The van der Waals surface area contributed by atoms with E-state index in [2.05, 4.69) is 46.4 Å². The van der Waals surface area contributed by atoms with Gasteiger partial charge >= 0.3 is 5.97 Å². The normalized spacial score (nSPS) is 11.4. The number of rotatable bonds is 10. The van der Waals surface area contributed by atoms with Crippen molar-refractivity contribution in [3.8, 4) is 11.4 Å². The van der Waals surface area contributed by atoms with Crippen molar-refractivity contribution in [3.63, 3.8) is 0 Å². The number of hydrogen-bond donors (Lipinski definition) is 1. The molecule has 0 radical (unpaired) electrons. The molecule has 0 aliphatic carbocycles. The Kier molecular flexibility index (Phi) is 7.60. The van der Waals surface area contributed by atoms with E-state index in [0.717, 1.165) is 78.6 Å². The highest BCUT2D eigenvalue weighted by Crippen LogP contribution is 2.33. The van der Waals surface area contributed by atoms with Crippen molar-refractivity contribution in [1.29, 1.82) is 0 Å². The number of hydrogen-bond acceptors (Lipinski definition) is 5. The van der Waals surface area contributed by atoms with Gasteiger partial charge in [0.25, 0.3) is 0 Å². The molecule has 2 heterocycles. The number of aromatic nitrogens is 4. The minimum Gasteiger partial charge on any atom is -0.465 e. The number of benzene rings is 3. The molecule has 2 aromatic heterocycles. The maximum atomic E-state index is 12.2. The summed E-state index contributed by atoms with van der Waals surface area (Å²) in [6, 6.07) is 22.3. The van der Waals surface area contributed by atoms with E-state index in [0.29, 0.717) is 10.7 Å². The lowest BCUT2D eigenvalue weighted by Gasteiger charge is -2.13. The first kappa shape index (κ1) is 25.1. The lowest BCUT2D eigenvalue weighted by molar-refractivity contribution is 0.0601. The molecule has 0 fully saturated rings. The number of unbranched alkanes of at least 4 members (excludes halogenated alkanes) is 2. The summed E-state index contributed by atoms with van der Waals surface area (Å²) in [6.07, 6.45) is 5.30. The lowest BCUT2D eigenvalue weighted by atomic mass is 10.1. The van der Waals surface area contributed by atoms with Crippen molar-refractivity contribution in [2.45, 2.75) is 57.3 Å². The van der Waals surface area contributed by atoms with Crippen LogP contribution in [0.4, 0.5) is 0 Å². The second-order valence-corrected chi connectivity index (χ2v) is 9.72. The highest BCUT2D eigenvalue weighted by Gasteiger charge is 2.20. The molecule has 5 aromatic rings. The zero-order valence-corrected chi connectivity index (χ0v) is 22.2. The number of methoxy groups -OCH3 is 1. The third kappa shape index (κ3) is 5.14. The highest BCUT2D eigenvalue weighted by atomic mass is 32.1. The molecular formula is C30H32N4O2S. The molecule has 0 unspecified atom stereocenters. The largest absolute Gasteiger partial charge is 0.465 e. The van der Waals surface area contributed by atoms with Crippen LogP contribution in [0.3, 0.4) is 0 Å². The molecular weight excluding hydrogens is 480 g/mol. The number of esters is 1. The maximum Gasteiger partial charge on any atom is 0.337 e. The number of fused-ring (bicyclic) bond motifs is 2. The van der Waals surface area contributed by atoms with Crippen molar-refractivity contribution in [2.24, 2.45) is 0 Å². The second-order valence-electron chi connectivity index (χ2n) is 9.32. The van der Waals surface area contributed by atoms with E-state index in [1.54, 1.807) is 0 Å². The lowest BCUT2D eigenvalue weighted by Crippen LogP contribution is -2.05. The Morgan fingerprint density at radius 3 is 2.49 bits per heavy atom. The predicted octanol–water partition coefficient (Wildman–Crippen LogP) is 6.95. The number of aryl methyl sites for hydroxylation is 3. The van der Waals surface area contributed by atoms with Crippen molar-refractivity contribution in [2.75, 3.05) is 7.11 Å². The van der Waals surface area contributed by atoms with E-state index in [-0.39, 0.29) is 5.97 Å². The first-order valence-electron chi connectivity index (χ1n) is 12.9. The molecule has 0 saturated heterocycles. The van der Waals surface area contributed by atoms with Gasteiger partial charge in [0.2, 0.25) is 0 Å². The van der Waals surface area contributed by atoms with Crippen LogP contribution in [0.25, 0.3) is 33.5 Å². The van der Waals surface area contributed by atoms with Gasteiger partial charge < -0.3 is 13.9 Å². The highest BCUT2D eigenvalue weighted by molar-refractivity contribution is 7.80. The maximum absolute atomic E-state index is 12.2. The molecule has 3 aromatic carbocycles. The van der Waals surface area contributed by atoms with E-state index in [9.17, 15) is 4.79 Å². The Balaban J connectivity index is 1.59. The standard InChI is InChI=1S/C30H32N4O2S/c1-3-4-8-18-33-26-17-16-22(29(35)36-2)20-25(26)31-28(33)23-14-9-15-24-27(23)34(30(37)32-24)19-10-13-21-11-6-5-7-12-21/h5-7,9,11-12,14-17,20H,3-4,8,10,13,18-19H2,1-2H3,(H,32,37). The van der Waals surface area contributed by atoms with Gasteiger partial charge in [0.15, 0.2) is 5.16 Å². The van der Waals surface area contributed by atoms with Crippen molar-refractivity contribution in [1.82, 2.24) is 19.1 Å². The summed E-state index contributed by atoms with van der Waals surface area (Å²) >= 11 is 4.74. The van der Waals surface area contributed by atoms with Crippen LogP contribution in [0.15, 0.2) is 71.9 Å². The Bertz CT molecular complexity index is 1540. The number of para-hydroxylation sites is 1. The summed E-state index contributed by atoms with van der Waals surface area (Å²) in [6.45, 7) is 3.87. The second kappa shape index (κ2) is 11.2. The zero-order chi connectivity index (χ0) is 25.8. The minimum absolute atomic E-state index is 0.359. The van der Waals surface area contributed by atoms with Gasteiger partial charge in [-0.2, -0.15) is 0 Å². The van der Waals surface area contributed by atoms with Gasteiger partial charge in [0.1, 0.15) is 5.82 Å². The summed E-state index contributed by atoms with van der Waals surface area (Å²) in [5, 5.41) is 0.706. The smallest absolute Gasteiger partial charge is 0.337 e. The summed E-state index contributed by atoms with van der Waals surface area (Å²) in [4.78, 5) is 22.0. The van der Waals surface area contributed by atoms with Crippen LogP contribution in [0.5, 0.6) is 0 Å². The fourth-order valence-corrected chi connectivity index (χ4v) is 5.29. The molecule has 0 amide bonds. The molecule has 0 aliphatic rings. The molecule has 0 bridgehead atoms. The third-order valence-electron chi connectivity index (χ3n) is 6.83. The Hall–Kier alpha value is -3.58. The Morgan fingerprint density at radius 2 is 1.70 bits per heavy atom. The van der Waals surface area contributed by atoms with Gasteiger partial charge in [0.05, 0.1) is 34.7 Å². The van der Waals surface area contributed by atoms with Crippen LogP contribution >= 0.6 is 12.6 Å². The van der Waals surface area contributed by atoms with Crippen LogP contribution in [-0.4, -0.2) is 32.2 Å². The molecule has 0 atom stereocenters. The van der Waals surface area contributed by atoms with Gasteiger partial charge in [-0.05, 0) is 55.2 Å². The molecule has 0 N–H and O–H groups in total. The predicted molar refractivity (Wildman–Crippen MR) is 151 cm³/mol. The van der Waals surface area contributed by atoms with Gasteiger partial charge in [-0.3, -0.25) is 0 Å². The van der Waals surface area contributed by atoms with Crippen LogP contribution in [-0.2, 0) is 24.2 Å². The van der Waals surface area contributed by atoms with Gasteiger partial charge in [-0.1, -0.05) is 56.2 Å². The molecule has 7 heteroatoms. The first-order valence-corrected chi connectivity index (χ1v) is 13.4. The topological polar surface area (TPSA) is 61.9 Å². The van der Waals surface area contributed by atoms with Gasteiger partial charge in [-0.15, -0.1) is 12.6 Å². The third-order valence-corrected chi connectivity index (χ3v) is 7.17. The number of thiol groups is 1. The molecule has 0 spiro atoms. The monoisotopic (exact) mass is 512 g/mol. The first-order chi connectivity index (χ1) is 18.1. The molecule has 37 heavy (non-hydrogen) atoms. The summed E-state index contributed by atoms with van der Waals surface area (Å²) in [5.41, 5.74) is 6.60. The number of ether oxygens (including phenoxy) is 1. The van der Waals surface area contributed by atoms with Crippen LogP contribution in [0, 0.1) is 0 Å². The number of carbonyl (C=O) groups is 1. The fourth-order valence-electron chi connectivity index (χ4n) is 4.98. The average Bonchev–Trinajstić information content (AvgIpc) is 3.45.